The van der Waals surface area contributed by atoms with Gasteiger partial charge in [0.15, 0.2) is 5.78 Å². The maximum Gasteiger partial charge on any atom is 0.303 e. The number of carboxylic acids is 1. The Morgan fingerprint density at radius 1 is 0.919 bits per heavy atom. The zero-order valence-corrected chi connectivity index (χ0v) is 21.9. The third kappa shape index (κ3) is 6.51. The van der Waals surface area contributed by atoms with Crippen LogP contribution in [0.15, 0.2) is 34.9 Å². The van der Waals surface area contributed by atoms with Gasteiger partial charge in [0, 0.05) is 18.8 Å². The van der Waals surface area contributed by atoms with Crippen molar-refractivity contribution in [3.63, 3.8) is 0 Å². The van der Waals surface area contributed by atoms with E-state index in [0.29, 0.717) is 24.4 Å². The highest BCUT2D eigenvalue weighted by Gasteiger charge is 2.51. The Hall–Kier alpha value is -2.47. The summed E-state index contributed by atoms with van der Waals surface area (Å²) in [6.07, 6.45) is 17.3. The van der Waals surface area contributed by atoms with Gasteiger partial charge in [0.05, 0.1) is 18.1 Å². The number of carboxylic acid groups (broad SMARTS) is 1. The topological polar surface area (TPSA) is 89.6 Å². The summed E-state index contributed by atoms with van der Waals surface area (Å²) >= 11 is 0. The molecule has 0 radical (unpaired) electrons. The molecule has 2 saturated heterocycles. The van der Waals surface area contributed by atoms with Crippen LogP contribution in [0.4, 0.5) is 0 Å². The predicted molar refractivity (Wildman–Crippen MR) is 141 cm³/mol. The van der Waals surface area contributed by atoms with Gasteiger partial charge < -0.3 is 14.3 Å². The normalized spacial score (nSPS) is 25.5. The summed E-state index contributed by atoms with van der Waals surface area (Å²) in [7, 11) is 0. The molecule has 200 valence electrons. The molecule has 0 amide bonds. The lowest BCUT2D eigenvalue weighted by molar-refractivity contribution is -0.136. The van der Waals surface area contributed by atoms with E-state index >= 15 is 0 Å². The number of aliphatic carboxylic acids is 1. The van der Waals surface area contributed by atoms with Gasteiger partial charge in [0.2, 0.25) is 5.89 Å². The number of Topliss-reactive ketones (excluding diaryl/α,β-unsaturated/α-hetero) is 1. The maximum atomic E-state index is 12.8. The molecule has 3 fully saturated rings. The number of carbonyl (C=O) groups excluding carboxylic acids is 1. The first-order valence-electron chi connectivity index (χ1n) is 14.5. The van der Waals surface area contributed by atoms with Crippen LogP contribution in [0.5, 0.6) is 0 Å². The van der Waals surface area contributed by atoms with E-state index in [1.54, 1.807) is 6.26 Å². The van der Waals surface area contributed by atoms with Crippen LogP contribution in [0.1, 0.15) is 117 Å². The molecule has 3 aliphatic rings. The first-order chi connectivity index (χ1) is 18.1. The summed E-state index contributed by atoms with van der Waals surface area (Å²) in [6.45, 7) is 0. The summed E-state index contributed by atoms with van der Waals surface area (Å²) in [5.41, 5.74) is 2.70. The molecule has 0 unspecified atom stereocenters. The number of aromatic nitrogens is 1. The van der Waals surface area contributed by atoms with Crippen molar-refractivity contribution in [1.29, 1.82) is 0 Å². The number of hydrogen-bond acceptors (Lipinski definition) is 5. The maximum absolute atomic E-state index is 12.8. The van der Waals surface area contributed by atoms with Crippen molar-refractivity contribution in [2.24, 2.45) is 11.8 Å². The van der Waals surface area contributed by atoms with Gasteiger partial charge in [0.1, 0.15) is 12.0 Å². The lowest BCUT2D eigenvalue weighted by Gasteiger charge is -2.26. The number of nitrogens with zero attached hydrogens (tertiary/aromatic N) is 1. The Kier molecular flexibility index (Phi) is 8.75. The van der Waals surface area contributed by atoms with E-state index in [-0.39, 0.29) is 36.2 Å². The van der Waals surface area contributed by atoms with Gasteiger partial charge in [-0.3, -0.25) is 9.59 Å². The van der Waals surface area contributed by atoms with Crippen LogP contribution >= 0.6 is 0 Å². The van der Waals surface area contributed by atoms with Crippen molar-refractivity contribution in [2.75, 3.05) is 0 Å². The van der Waals surface area contributed by atoms with Crippen molar-refractivity contribution in [2.45, 2.75) is 114 Å². The second-order valence-electron chi connectivity index (χ2n) is 11.4. The predicted octanol–water partition coefficient (Wildman–Crippen LogP) is 6.91. The fourth-order valence-electron chi connectivity index (χ4n) is 6.94. The van der Waals surface area contributed by atoms with Crippen LogP contribution in [0.2, 0.25) is 0 Å². The first kappa shape index (κ1) is 26.1. The quantitative estimate of drug-likeness (QED) is 0.234. The lowest BCUT2D eigenvalue weighted by atomic mass is 9.75. The van der Waals surface area contributed by atoms with E-state index in [1.807, 2.05) is 18.2 Å². The van der Waals surface area contributed by atoms with E-state index in [0.717, 1.165) is 43.6 Å². The standard InChI is InChI=1S/C31H41NO5/c33-26(14-6-2-5-11-21-9-3-1-4-10-21)25-20-36-31(32-25)30-24(27-16-17-28(30)37-27)19-23-13-8-7-12-22(23)15-18-29(34)35/h7-8,12-13,20-21,24,27-28,30H,1-6,9-11,14-19H2,(H,34,35)/t24-,27-,28+,30-/m0/s1. The molecule has 6 heteroatoms. The molecule has 37 heavy (non-hydrogen) atoms. The summed E-state index contributed by atoms with van der Waals surface area (Å²) in [5, 5.41) is 9.14. The molecule has 5 rings (SSSR count). The van der Waals surface area contributed by atoms with E-state index in [4.69, 9.17) is 14.3 Å². The fraction of sp³-hybridized carbons (Fsp3) is 0.645. The Morgan fingerprint density at radius 3 is 2.51 bits per heavy atom. The molecule has 2 aliphatic heterocycles. The number of fused-ring (bicyclic) bond motifs is 2. The van der Waals surface area contributed by atoms with E-state index in [1.165, 1.54) is 50.5 Å². The van der Waals surface area contributed by atoms with Gasteiger partial charge >= 0.3 is 5.97 Å². The van der Waals surface area contributed by atoms with Crippen molar-refractivity contribution in [3.8, 4) is 0 Å². The van der Waals surface area contributed by atoms with Gasteiger partial charge in [-0.25, -0.2) is 4.98 Å². The minimum atomic E-state index is -0.780. The Morgan fingerprint density at radius 2 is 1.70 bits per heavy atom. The Balaban J connectivity index is 1.17. The smallest absolute Gasteiger partial charge is 0.303 e. The molecule has 0 spiro atoms. The molecular formula is C31H41NO5. The number of rotatable bonds is 13. The number of ether oxygens (including phenoxy) is 1. The molecule has 6 nitrogen and oxygen atoms in total. The molecule has 3 heterocycles. The summed E-state index contributed by atoms with van der Waals surface area (Å²) in [6, 6.07) is 8.11. The molecule has 1 N–H and O–H groups in total. The Labute approximate surface area is 220 Å². The van der Waals surface area contributed by atoms with Gasteiger partial charge in [-0.15, -0.1) is 0 Å². The molecule has 2 bridgehead atoms. The number of unbranched alkanes of at least 4 members (excludes halogenated alkanes) is 2. The highest BCUT2D eigenvalue weighted by Crippen LogP contribution is 2.50. The SMILES string of the molecule is O=C(O)CCc1ccccc1C[C@@H]1[C@H](c2nc(C(=O)CCCCCC3CCCCC3)co2)[C@H]2CC[C@@H]1O2. The van der Waals surface area contributed by atoms with E-state index in [2.05, 4.69) is 11.1 Å². The van der Waals surface area contributed by atoms with Gasteiger partial charge in [-0.1, -0.05) is 75.6 Å². The molecule has 1 saturated carbocycles. The average molecular weight is 508 g/mol. The zero-order chi connectivity index (χ0) is 25.6. The van der Waals surface area contributed by atoms with E-state index in [9.17, 15) is 9.59 Å². The molecule has 1 aromatic heterocycles. The second kappa shape index (κ2) is 12.4. The van der Waals surface area contributed by atoms with Crippen LogP contribution in [-0.2, 0) is 22.4 Å². The third-order valence-electron chi connectivity index (χ3n) is 8.94. The van der Waals surface area contributed by atoms with Gasteiger partial charge in [-0.2, -0.15) is 0 Å². The minimum Gasteiger partial charge on any atom is -0.481 e. The van der Waals surface area contributed by atoms with Crippen molar-refractivity contribution < 1.29 is 23.8 Å². The van der Waals surface area contributed by atoms with Crippen molar-refractivity contribution in [1.82, 2.24) is 4.98 Å². The van der Waals surface area contributed by atoms with Crippen LogP contribution in [-0.4, -0.2) is 34.1 Å². The number of benzene rings is 1. The molecular weight excluding hydrogens is 466 g/mol. The van der Waals surface area contributed by atoms with Gasteiger partial charge in [-0.05, 0) is 49.1 Å². The monoisotopic (exact) mass is 507 g/mol. The lowest BCUT2D eigenvalue weighted by Crippen LogP contribution is -2.28. The molecule has 1 aromatic carbocycles. The number of ketones is 1. The summed E-state index contributed by atoms with van der Waals surface area (Å²) in [4.78, 5) is 28.6. The third-order valence-corrected chi connectivity index (χ3v) is 8.94. The van der Waals surface area contributed by atoms with E-state index < -0.39 is 5.97 Å². The highest BCUT2D eigenvalue weighted by atomic mass is 16.5. The van der Waals surface area contributed by atoms with Gasteiger partial charge in [0.25, 0.3) is 0 Å². The number of oxazole rings is 1. The zero-order valence-electron chi connectivity index (χ0n) is 21.9. The van der Waals surface area contributed by atoms with Crippen molar-refractivity contribution in [3.05, 3.63) is 53.2 Å². The summed E-state index contributed by atoms with van der Waals surface area (Å²) < 4.78 is 12.2. The van der Waals surface area contributed by atoms with Crippen LogP contribution in [0.25, 0.3) is 0 Å². The van der Waals surface area contributed by atoms with Crippen LogP contribution in [0.3, 0.4) is 0 Å². The van der Waals surface area contributed by atoms with Crippen LogP contribution in [0, 0.1) is 11.8 Å². The Bertz CT molecular complexity index is 1060. The molecule has 1 aliphatic carbocycles. The highest BCUT2D eigenvalue weighted by molar-refractivity contribution is 5.93. The molecule has 2 aromatic rings. The summed E-state index contributed by atoms with van der Waals surface area (Å²) in [5.74, 6) is 1.07. The number of hydrogen-bond donors (Lipinski definition) is 1. The minimum absolute atomic E-state index is 0.0309. The average Bonchev–Trinajstić information content (AvgIpc) is 3.65. The largest absolute Gasteiger partial charge is 0.481 e. The fourth-order valence-corrected chi connectivity index (χ4v) is 6.94. The molecule has 4 atom stereocenters. The second-order valence-corrected chi connectivity index (χ2v) is 11.4. The number of aryl methyl sites for hydroxylation is 1. The first-order valence-corrected chi connectivity index (χ1v) is 14.5. The van der Waals surface area contributed by atoms with Crippen molar-refractivity contribution >= 4 is 11.8 Å². The number of carbonyl (C=O) groups is 2. The van der Waals surface area contributed by atoms with Crippen LogP contribution < -0.4 is 0 Å².